The fraction of sp³-hybridized carbons (Fsp3) is 0.909. The van der Waals surface area contributed by atoms with Crippen LogP contribution in [0, 0.1) is 17.8 Å². The van der Waals surface area contributed by atoms with Gasteiger partial charge in [0, 0.05) is 15.9 Å². The number of carbonyl (C=O) groups is 1. The largest absolute Gasteiger partial charge is 0.454 e. The van der Waals surface area contributed by atoms with E-state index in [4.69, 9.17) is 4.74 Å². The number of carbonyl (C=O) groups excluding carboxylic acids is 1. The Hall–Kier alpha value is -0.0500. The third-order valence-corrected chi connectivity index (χ3v) is 3.39. The Bertz CT molecular complexity index is 203. The highest BCUT2D eigenvalue weighted by atomic mass is 79.9. The molecule has 14 heavy (non-hydrogen) atoms. The van der Waals surface area contributed by atoms with Crippen LogP contribution in [0.4, 0.5) is 4.79 Å². The van der Waals surface area contributed by atoms with Crippen molar-refractivity contribution in [2.24, 2.45) is 17.8 Å². The molecule has 0 N–H and O–H groups in total. The van der Waals surface area contributed by atoms with Gasteiger partial charge in [-0.3, -0.25) is 0 Å². The quantitative estimate of drug-likeness (QED) is 0.704. The summed E-state index contributed by atoms with van der Waals surface area (Å²) in [7, 11) is 0. The smallest absolute Gasteiger partial charge is 0.374 e. The van der Waals surface area contributed by atoms with Gasteiger partial charge in [-0.05, 0) is 30.6 Å². The Morgan fingerprint density at radius 2 is 2.07 bits per heavy atom. The Morgan fingerprint density at radius 3 is 2.57 bits per heavy atom. The maximum atomic E-state index is 10.9. The molecular weight excluding hydrogens is 244 g/mol. The molecule has 3 atom stereocenters. The second kappa shape index (κ2) is 5.15. The van der Waals surface area contributed by atoms with E-state index in [0.717, 1.165) is 6.42 Å². The molecule has 1 aliphatic carbocycles. The Kier molecular flexibility index (Phi) is 4.42. The van der Waals surface area contributed by atoms with Crippen molar-refractivity contribution in [3.63, 3.8) is 0 Å². The molecule has 3 heteroatoms. The molecule has 0 aliphatic heterocycles. The summed E-state index contributed by atoms with van der Waals surface area (Å²) in [4.78, 5) is 10.6. The molecule has 0 spiro atoms. The molecule has 0 radical (unpaired) electrons. The van der Waals surface area contributed by atoms with Crippen LogP contribution >= 0.6 is 15.9 Å². The van der Waals surface area contributed by atoms with Crippen LogP contribution in [-0.2, 0) is 4.74 Å². The fourth-order valence-electron chi connectivity index (χ4n) is 2.37. The summed E-state index contributed by atoms with van der Waals surface area (Å²) in [6.45, 7) is 6.64. The van der Waals surface area contributed by atoms with E-state index in [1.807, 2.05) is 0 Å². The lowest BCUT2D eigenvalue weighted by Crippen LogP contribution is -2.34. The third kappa shape index (κ3) is 3.26. The summed E-state index contributed by atoms with van der Waals surface area (Å²) in [5, 5.41) is 0. The third-order valence-electron chi connectivity index (χ3n) is 3.21. The molecule has 1 saturated carbocycles. The van der Waals surface area contributed by atoms with Gasteiger partial charge in [0.1, 0.15) is 6.10 Å². The van der Waals surface area contributed by atoms with Gasteiger partial charge >= 0.3 is 4.88 Å². The Balaban J connectivity index is 2.58. The topological polar surface area (TPSA) is 26.3 Å². The summed E-state index contributed by atoms with van der Waals surface area (Å²) >= 11 is 2.85. The molecule has 82 valence electrons. The van der Waals surface area contributed by atoms with E-state index in [1.165, 1.54) is 12.8 Å². The fourth-order valence-corrected chi connectivity index (χ4v) is 2.61. The van der Waals surface area contributed by atoms with Gasteiger partial charge in [-0.2, -0.15) is 0 Å². The first-order chi connectivity index (χ1) is 6.50. The molecule has 1 rings (SSSR count). The SMILES string of the molecule is CC1CCC(C(C)C)C(OC(=O)Br)C1. The molecule has 0 bridgehead atoms. The predicted octanol–water partition coefficient (Wildman–Crippen LogP) is 3.98. The zero-order valence-electron chi connectivity index (χ0n) is 9.13. The maximum absolute atomic E-state index is 10.9. The van der Waals surface area contributed by atoms with Gasteiger partial charge in [0.2, 0.25) is 0 Å². The van der Waals surface area contributed by atoms with Crippen LogP contribution in [-0.4, -0.2) is 11.0 Å². The van der Waals surface area contributed by atoms with Gasteiger partial charge in [0.15, 0.2) is 0 Å². The first kappa shape index (κ1) is 12.0. The first-order valence-electron chi connectivity index (χ1n) is 5.36. The van der Waals surface area contributed by atoms with E-state index < -0.39 is 0 Å². The van der Waals surface area contributed by atoms with Gasteiger partial charge in [0.25, 0.3) is 0 Å². The van der Waals surface area contributed by atoms with Gasteiger partial charge < -0.3 is 4.74 Å². The highest BCUT2D eigenvalue weighted by Crippen LogP contribution is 2.35. The van der Waals surface area contributed by atoms with Crippen LogP contribution in [0.3, 0.4) is 0 Å². The van der Waals surface area contributed by atoms with Gasteiger partial charge in [-0.1, -0.05) is 27.2 Å². The van der Waals surface area contributed by atoms with Crippen LogP contribution < -0.4 is 0 Å². The van der Waals surface area contributed by atoms with E-state index in [-0.39, 0.29) is 11.0 Å². The lowest BCUT2D eigenvalue weighted by atomic mass is 9.75. The molecule has 2 nitrogen and oxygen atoms in total. The number of hydrogen-bond acceptors (Lipinski definition) is 2. The normalized spacial score (nSPS) is 33.1. The summed E-state index contributed by atoms with van der Waals surface area (Å²) < 4.78 is 5.31. The van der Waals surface area contributed by atoms with Crippen LogP contribution in [0.2, 0.25) is 0 Å². The van der Waals surface area contributed by atoms with Crippen molar-refractivity contribution >= 4 is 20.8 Å². The minimum Gasteiger partial charge on any atom is -0.454 e. The molecule has 0 aromatic heterocycles. The number of ether oxygens (including phenoxy) is 1. The molecule has 0 heterocycles. The zero-order chi connectivity index (χ0) is 10.7. The summed E-state index contributed by atoms with van der Waals surface area (Å²) in [5.74, 6) is 1.81. The second-order valence-corrected chi connectivity index (χ2v) is 5.37. The van der Waals surface area contributed by atoms with E-state index >= 15 is 0 Å². The van der Waals surface area contributed by atoms with E-state index in [9.17, 15) is 4.79 Å². The monoisotopic (exact) mass is 262 g/mol. The molecule has 1 fully saturated rings. The van der Waals surface area contributed by atoms with Crippen molar-refractivity contribution in [3.8, 4) is 0 Å². The van der Waals surface area contributed by atoms with Crippen molar-refractivity contribution < 1.29 is 9.53 Å². The molecule has 1 aliphatic rings. The van der Waals surface area contributed by atoms with Crippen molar-refractivity contribution in [1.29, 1.82) is 0 Å². The molecule has 0 aromatic carbocycles. The second-order valence-electron chi connectivity index (χ2n) is 4.72. The van der Waals surface area contributed by atoms with Crippen LogP contribution in [0.5, 0.6) is 0 Å². The lowest BCUT2D eigenvalue weighted by molar-refractivity contribution is 0.0193. The highest BCUT2D eigenvalue weighted by Gasteiger charge is 2.32. The van der Waals surface area contributed by atoms with Crippen LogP contribution in [0.25, 0.3) is 0 Å². The molecule has 0 aromatic rings. The zero-order valence-corrected chi connectivity index (χ0v) is 10.7. The number of hydrogen-bond donors (Lipinski definition) is 0. The van der Waals surface area contributed by atoms with Crippen LogP contribution in [0.15, 0.2) is 0 Å². The Morgan fingerprint density at radius 1 is 1.43 bits per heavy atom. The minimum atomic E-state index is -0.317. The van der Waals surface area contributed by atoms with Crippen molar-refractivity contribution in [3.05, 3.63) is 0 Å². The van der Waals surface area contributed by atoms with Crippen molar-refractivity contribution in [2.75, 3.05) is 0 Å². The van der Waals surface area contributed by atoms with Gasteiger partial charge in [-0.15, -0.1) is 0 Å². The van der Waals surface area contributed by atoms with Gasteiger partial charge in [0.05, 0.1) is 0 Å². The predicted molar refractivity (Wildman–Crippen MR) is 60.5 cm³/mol. The van der Waals surface area contributed by atoms with E-state index in [2.05, 4.69) is 36.7 Å². The van der Waals surface area contributed by atoms with Crippen LogP contribution in [0.1, 0.15) is 40.0 Å². The molecular formula is C11H19BrO2. The summed E-state index contributed by atoms with van der Waals surface area (Å²) in [5.41, 5.74) is 0. The van der Waals surface area contributed by atoms with Crippen molar-refractivity contribution in [2.45, 2.75) is 46.1 Å². The average Bonchev–Trinajstić information content (AvgIpc) is 2.01. The first-order valence-corrected chi connectivity index (χ1v) is 6.16. The standard InChI is InChI=1S/C11H19BrO2/c1-7(2)9-5-4-8(3)6-10(9)14-11(12)13/h7-10H,4-6H2,1-3H3. The van der Waals surface area contributed by atoms with E-state index in [1.54, 1.807) is 0 Å². The van der Waals surface area contributed by atoms with Gasteiger partial charge in [-0.25, -0.2) is 4.79 Å². The number of rotatable bonds is 2. The molecule has 3 unspecified atom stereocenters. The van der Waals surface area contributed by atoms with Crippen molar-refractivity contribution in [1.82, 2.24) is 0 Å². The molecule has 0 amide bonds. The average molecular weight is 263 g/mol. The lowest BCUT2D eigenvalue weighted by Gasteiger charge is -2.36. The summed E-state index contributed by atoms with van der Waals surface area (Å²) in [6.07, 6.45) is 3.58. The molecule has 0 saturated heterocycles. The Labute approximate surface area is 94.5 Å². The maximum Gasteiger partial charge on any atom is 0.374 e. The minimum absolute atomic E-state index is 0.116. The number of halogens is 1. The van der Waals surface area contributed by atoms with E-state index in [0.29, 0.717) is 17.8 Å². The summed E-state index contributed by atoms with van der Waals surface area (Å²) in [6, 6.07) is 0. The highest BCUT2D eigenvalue weighted by molar-refractivity contribution is 9.18.